The highest BCUT2D eigenvalue weighted by molar-refractivity contribution is 5.94. The number of rotatable bonds is 5. The van der Waals surface area contributed by atoms with Gasteiger partial charge in [0.05, 0.1) is 17.7 Å². The summed E-state index contributed by atoms with van der Waals surface area (Å²) in [7, 11) is 4.06. The van der Waals surface area contributed by atoms with Gasteiger partial charge in [0, 0.05) is 43.5 Å². The number of carbonyl (C=O) groups excluding carboxylic acids is 1. The first kappa shape index (κ1) is 17.8. The molecule has 7 nitrogen and oxygen atoms in total. The van der Waals surface area contributed by atoms with Crippen molar-refractivity contribution in [3.63, 3.8) is 0 Å². The first-order chi connectivity index (χ1) is 12.6. The van der Waals surface area contributed by atoms with E-state index in [9.17, 15) is 4.79 Å². The Labute approximate surface area is 153 Å². The van der Waals surface area contributed by atoms with E-state index in [2.05, 4.69) is 31.2 Å². The fourth-order valence-corrected chi connectivity index (χ4v) is 3.25. The molecule has 1 aliphatic heterocycles. The van der Waals surface area contributed by atoms with Crippen LogP contribution in [0.25, 0.3) is 0 Å². The smallest absolute Gasteiger partial charge is 0.251 e. The van der Waals surface area contributed by atoms with E-state index in [0.717, 1.165) is 13.1 Å². The van der Waals surface area contributed by atoms with Gasteiger partial charge in [0.15, 0.2) is 0 Å². The Morgan fingerprint density at radius 3 is 2.58 bits per heavy atom. The second-order valence-electron chi connectivity index (χ2n) is 6.75. The lowest BCUT2D eigenvalue weighted by molar-refractivity contribution is 0.0928. The molecule has 2 atom stereocenters. The van der Waals surface area contributed by atoms with Crippen LogP contribution in [0.1, 0.15) is 15.9 Å². The summed E-state index contributed by atoms with van der Waals surface area (Å²) in [4.78, 5) is 25.5. The van der Waals surface area contributed by atoms with Crippen LogP contribution in [-0.4, -0.2) is 60.5 Å². The third-order valence-electron chi connectivity index (χ3n) is 4.47. The number of nitriles is 1. The molecule has 3 rings (SSSR count). The summed E-state index contributed by atoms with van der Waals surface area (Å²) < 4.78 is 0. The summed E-state index contributed by atoms with van der Waals surface area (Å²) >= 11 is 0. The van der Waals surface area contributed by atoms with Gasteiger partial charge in [-0.15, -0.1) is 0 Å². The van der Waals surface area contributed by atoms with Gasteiger partial charge in [-0.3, -0.25) is 4.79 Å². The van der Waals surface area contributed by atoms with E-state index >= 15 is 0 Å². The van der Waals surface area contributed by atoms with E-state index in [0.29, 0.717) is 23.6 Å². The summed E-state index contributed by atoms with van der Waals surface area (Å²) in [5.41, 5.74) is 1.10. The molecule has 0 unspecified atom stereocenters. The Hall–Kier alpha value is -2.98. The van der Waals surface area contributed by atoms with Gasteiger partial charge in [-0.1, -0.05) is 0 Å². The van der Waals surface area contributed by atoms with Crippen LogP contribution in [0.15, 0.2) is 42.7 Å². The predicted octanol–water partition coefficient (Wildman–Crippen LogP) is 1.14. The van der Waals surface area contributed by atoms with Crippen LogP contribution in [0.4, 0.5) is 5.95 Å². The lowest BCUT2D eigenvalue weighted by Gasteiger charge is -2.22. The third kappa shape index (κ3) is 4.16. The number of nitrogens with one attached hydrogen (secondary N) is 1. The van der Waals surface area contributed by atoms with Crippen molar-refractivity contribution in [3.05, 3.63) is 53.9 Å². The number of aromatic nitrogens is 2. The van der Waals surface area contributed by atoms with E-state index in [1.54, 1.807) is 42.7 Å². The van der Waals surface area contributed by atoms with E-state index in [4.69, 9.17) is 5.26 Å². The minimum atomic E-state index is -0.126. The molecule has 2 aromatic rings. The van der Waals surface area contributed by atoms with Crippen molar-refractivity contribution in [2.75, 3.05) is 38.6 Å². The quantitative estimate of drug-likeness (QED) is 0.871. The van der Waals surface area contributed by atoms with Crippen molar-refractivity contribution in [3.8, 4) is 6.07 Å². The summed E-state index contributed by atoms with van der Waals surface area (Å²) in [6.07, 6.45) is 3.46. The Balaban J connectivity index is 1.72. The standard InChI is InChI=1S/C19H22N6O/c1-24(2)11-16-12-25(19-21-8-3-9-22-19)13-17(16)23-18(26)15-6-4-14(10-20)5-7-15/h3-9,16-17H,11-13H2,1-2H3,(H,23,26)/t16-,17-/m1/s1. The second-order valence-corrected chi connectivity index (χ2v) is 6.75. The van der Waals surface area contributed by atoms with Gasteiger partial charge in [-0.05, 0) is 44.4 Å². The number of anilines is 1. The van der Waals surface area contributed by atoms with Crippen molar-refractivity contribution in [1.29, 1.82) is 5.26 Å². The molecule has 134 valence electrons. The monoisotopic (exact) mass is 350 g/mol. The molecule has 1 saturated heterocycles. The number of amides is 1. The predicted molar refractivity (Wildman–Crippen MR) is 98.7 cm³/mol. The zero-order valence-corrected chi connectivity index (χ0v) is 15.0. The largest absolute Gasteiger partial charge is 0.347 e. The topological polar surface area (TPSA) is 85.2 Å². The molecule has 1 amide bonds. The zero-order valence-electron chi connectivity index (χ0n) is 15.0. The molecular weight excluding hydrogens is 328 g/mol. The molecule has 1 N–H and O–H groups in total. The third-order valence-corrected chi connectivity index (χ3v) is 4.47. The normalized spacial score (nSPS) is 19.4. The van der Waals surface area contributed by atoms with Crippen molar-refractivity contribution in [2.45, 2.75) is 6.04 Å². The summed E-state index contributed by atoms with van der Waals surface area (Å²) in [6, 6.07) is 10.5. The summed E-state index contributed by atoms with van der Waals surface area (Å²) in [5.74, 6) is 0.835. The van der Waals surface area contributed by atoms with Gasteiger partial charge in [0.1, 0.15) is 0 Å². The van der Waals surface area contributed by atoms with E-state index in [1.807, 2.05) is 14.1 Å². The minimum Gasteiger partial charge on any atom is -0.347 e. The highest BCUT2D eigenvalue weighted by Gasteiger charge is 2.35. The molecule has 0 aliphatic carbocycles. The van der Waals surface area contributed by atoms with E-state index in [-0.39, 0.29) is 17.9 Å². The number of carbonyl (C=O) groups is 1. The van der Waals surface area contributed by atoms with Crippen molar-refractivity contribution in [2.24, 2.45) is 5.92 Å². The fourth-order valence-electron chi connectivity index (χ4n) is 3.25. The maximum Gasteiger partial charge on any atom is 0.251 e. The molecule has 1 aromatic heterocycles. The van der Waals surface area contributed by atoms with Gasteiger partial charge in [0.25, 0.3) is 5.91 Å². The molecule has 0 saturated carbocycles. The lowest BCUT2D eigenvalue weighted by Crippen LogP contribution is -2.43. The van der Waals surface area contributed by atoms with Gasteiger partial charge in [-0.2, -0.15) is 5.26 Å². The molecule has 0 spiro atoms. The highest BCUT2D eigenvalue weighted by atomic mass is 16.1. The molecule has 1 fully saturated rings. The van der Waals surface area contributed by atoms with Crippen molar-refractivity contribution < 1.29 is 4.79 Å². The first-order valence-corrected chi connectivity index (χ1v) is 8.54. The molecule has 1 aliphatic rings. The van der Waals surface area contributed by atoms with Crippen LogP contribution >= 0.6 is 0 Å². The van der Waals surface area contributed by atoms with Crippen molar-refractivity contribution in [1.82, 2.24) is 20.2 Å². The number of hydrogen-bond donors (Lipinski definition) is 1. The van der Waals surface area contributed by atoms with Crippen LogP contribution in [0.5, 0.6) is 0 Å². The van der Waals surface area contributed by atoms with E-state index in [1.165, 1.54) is 0 Å². The average molecular weight is 350 g/mol. The van der Waals surface area contributed by atoms with Crippen LogP contribution in [0.3, 0.4) is 0 Å². The van der Waals surface area contributed by atoms with Crippen LogP contribution in [-0.2, 0) is 0 Å². The molecule has 26 heavy (non-hydrogen) atoms. The summed E-state index contributed by atoms with van der Waals surface area (Å²) in [5, 5.41) is 12.0. The molecular formula is C19H22N6O. The van der Waals surface area contributed by atoms with Gasteiger partial charge in [0.2, 0.25) is 5.95 Å². The molecule has 2 heterocycles. The van der Waals surface area contributed by atoms with Gasteiger partial charge in [-0.25, -0.2) is 9.97 Å². The molecule has 0 radical (unpaired) electrons. The zero-order chi connectivity index (χ0) is 18.5. The van der Waals surface area contributed by atoms with E-state index < -0.39 is 0 Å². The van der Waals surface area contributed by atoms with Crippen molar-refractivity contribution >= 4 is 11.9 Å². The number of hydrogen-bond acceptors (Lipinski definition) is 6. The summed E-state index contributed by atoms with van der Waals surface area (Å²) in [6.45, 7) is 2.33. The Morgan fingerprint density at radius 2 is 1.96 bits per heavy atom. The number of benzene rings is 1. The molecule has 0 bridgehead atoms. The fraction of sp³-hybridized carbons (Fsp3) is 0.368. The maximum absolute atomic E-state index is 12.6. The van der Waals surface area contributed by atoms with Gasteiger partial charge >= 0.3 is 0 Å². The second kappa shape index (κ2) is 7.93. The molecule has 7 heteroatoms. The molecule has 1 aromatic carbocycles. The number of nitrogens with zero attached hydrogens (tertiary/aromatic N) is 5. The van der Waals surface area contributed by atoms with Crippen LogP contribution < -0.4 is 10.2 Å². The highest BCUT2D eigenvalue weighted by Crippen LogP contribution is 2.22. The van der Waals surface area contributed by atoms with Gasteiger partial charge < -0.3 is 15.1 Å². The Kier molecular flexibility index (Phi) is 5.44. The van der Waals surface area contributed by atoms with Crippen LogP contribution in [0.2, 0.25) is 0 Å². The Morgan fingerprint density at radius 1 is 1.27 bits per heavy atom. The minimum absolute atomic E-state index is 0.00403. The lowest BCUT2D eigenvalue weighted by atomic mass is 10.0. The Bertz CT molecular complexity index is 784. The average Bonchev–Trinajstić information content (AvgIpc) is 3.04. The maximum atomic E-state index is 12.6. The van der Waals surface area contributed by atoms with Crippen LogP contribution in [0, 0.1) is 17.2 Å². The SMILES string of the molecule is CN(C)C[C@@H]1CN(c2ncccn2)C[C@H]1NC(=O)c1ccc(C#N)cc1. The first-order valence-electron chi connectivity index (χ1n) is 8.54.